The number of amides is 4. The van der Waals surface area contributed by atoms with Gasteiger partial charge in [0.2, 0.25) is 0 Å². The van der Waals surface area contributed by atoms with Crippen molar-refractivity contribution >= 4 is 23.8 Å². The standard InChI is InChI=1S/C26H31N3O5/c1-17(2)15-21(24(32)34-26(3,4)5)27-25(33)28(16-18-11-7-6-8-12-18)29-22(30)19-13-9-10-14-20(19)23(29)31/h6-14,17,21H,15-16H2,1-5H3,(H,27,33)/t21-/m0/s1. The molecule has 0 saturated carbocycles. The fourth-order valence-corrected chi connectivity index (χ4v) is 3.67. The van der Waals surface area contributed by atoms with E-state index in [0.717, 1.165) is 10.0 Å². The zero-order valence-electron chi connectivity index (χ0n) is 20.2. The van der Waals surface area contributed by atoms with E-state index in [4.69, 9.17) is 4.74 Å². The summed E-state index contributed by atoms with van der Waals surface area (Å²) in [5, 5.41) is 4.60. The van der Waals surface area contributed by atoms with E-state index < -0.39 is 35.5 Å². The van der Waals surface area contributed by atoms with Crippen molar-refractivity contribution in [1.29, 1.82) is 0 Å². The fraction of sp³-hybridized carbons (Fsp3) is 0.385. The van der Waals surface area contributed by atoms with Gasteiger partial charge in [0.15, 0.2) is 0 Å². The molecule has 2 aromatic carbocycles. The second kappa shape index (κ2) is 10.1. The summed E-state index contributed by atoms with van der Waals surface area (Å²) in [5.74, 6) is -1.68. The zero-order valence-corrected chi connectivity index (χ0v) is 20.2. The van der Waals surface area contributed by atoms with Crippen molar-refractivity contribution in [3.8, 4) is 0 Å². The highest BCUT2D eigenvalue weighted by molar-refractivity contribution is 6.21. The average Bonchev–Trinajstić information content (AvgIpc) is 3.01. The van der Waals surface area contributed by atoms with Crippen LogP contribution >= 0.6 is 0 Å². The van der Waals surface area contributed by atoms with Crippen molar-refractivity contribution in [1.82, 2.24) is 15.3 Å². The van der Waals surface area contributed by atoms with Crippen LogP contribution in [0.1, 0.15) is 67.3 Å². The summed E-state index contributed by atoms with van der Waals surface area (Å²) < 4.78 is 5.50. The summed E-state index contributed by atoms with van der Waals surface area (Å²) in [6, 6.07) is 13.8. The minimum atomic E-state index is -0.944. The van der Waals surface area contributed by atoms with Crippen molar-refractivity contribution in [3.05, 3.63) is 71.3 Å². The minimum absolute atomic E-state index is 0.0408. The molecule has 2 aromatic rings. The lowest BCUT2D eigenvalue weighted by Gasteiger charge is -2.32. The number of esters is 1. The number of hydrogen-bond acceptors (Lipinski definition) is 5. The Morgan fingerprint density at radius 3 is 1.97 bits per heavy atom. The quantitative estimate of drug-likeness (QED) is 0.489. The van der Waals surface area contributed by atoms with Crippen molar-refractivity contribution in [3.63, 3.8) is 0 Å². The Hall–Kier alpha value is -3.68. The lowest BCUT2D eigenvalue weighted by Crippen LogP contribution is -2.56. The van der Waals surface area contributed by atoms with Gasteiger partial charge in [-0.25, -0.2) is 14.6 Å². The number of benzene rings is 2. The molecule has 1 atom stereocenters. The Balaban J connectivity index is 1.92. The number of rotatable bonds is 7. The number of hydrazine groups is 1. The number of imide groups is 1. The Morgan fingerprint density at radius 1 is 0.941 bits per heavy atom. The van der Waals surface area contributed by atoms with Gasteiger partial charge in [0.25, 0.3) is 11.8 Å². The molecule has 0 aliphatic carbocycles. The molecule has 0 fully saturated rings. The second-order valence-corrected chi connectivity index (χ2v) is 9.68. The van der Waals surface area contributed by atoms with Gasteiger partial charge in [-0.1, -0.05) is 56.3 Å². The first-order chi connectivity index (χ1) is 16.0. The van der Waals surface area contributed by atoms with E-state index in [0.29, 0.717) is 12.0 Å². The summed E-state index contributed by atoms with van der Waals surface area (Å²) >= 11 is 0. The molecule has 0 spiro atoms. The van der Waals surface area contributed by atoms with Gasteiger partial charge in [-0.05, 0) is 50.8 Å². The van der Waals surface area contributed by atoms with E-state index in [9.17, 15) is 19.2 Å². The van der Waals surface area contributed by atoms with Crippen LogP contribution in [0.2, 0.25) is 0 Å². The number of carbonyl (C=O) groups is 4. The molecule has 1 aliphatic heterocycles. The molecule has 0 saturated heterocycles. The van der Waals surface area contributed by atoms with Crippen molar-refractivity contribution in [2.24, 2.45) is 5.92 Å². The van der Waals surface area contributed by atoms with Crippen molar-refractivity contribution in [2.75, 3.05) is 0 Å². The molecule has 0 aromatic heterocycles. The number of nitrogens with one attached hydrogen (secondary N) is 1. The van der Waals surface area contributed by atoms with Crippen LogP contribution in [0, 0.1) is 5.92 Å². The third kappa shape index (κ3) is 5.81. The first kappa shape index (κ1) is 25.0. The van der Waals surface area contributed by atoms with Crippen molar-refractivity contribution in [2.45, 2.75) is 59.2 Å². The summed E-state index contributed by atoms with van der Waals surface area (Å²) in [4.78, 5) is 52.6. The van der Waals surface area contributed by atoms with Crippen LogP contribution in [0.3, 0.4) is 0 Å². The van der Waals surface area contributed by atoms with Gasteiger partial charge in [0, 0.05) is 0 Å². The maximum atomic E-state index is 13.5. The molecule has 0 bridgehead atoms. The highest BCUT2D eigenvalue weighted by Crippen LogP contribution is 2.25. The molecule has 3 rings (SSSR count). The van der Waals surface area contributed by atoms with Crippen LogP contribution in [-0.4, -0.2) is 45.5 Å². The molecular weight excluding hydrogens is 434 g/mol. The third-order valence-corrected chi connectivity index (χ3v) is 5.12. The molecule has 1 aliphatic rings. The molecule has 8 heteroatoms. The molecule has 4 amide bonds. The van der Waals surface area contributed by atoms with E-state index in [1.807, 2.05) is 19.9 Å². The fourth-order valence-electron chi connectivity index (χ4n) is 3.67. The molecule has 0 radical (unpaired) electrons. The SMILES string of the molecule is CC(C)C[C@H](NC(=O)N(Cc1ccccc1)N1C(=O)c2ccccc2C1=O)C(=O)OC(C)(C)C. The van der Waals surface area contributed by atoms with Gasteiger partial charge in [-0.2, -0.15) is 5.01 Å². The van der Waals surface area contributed by atoms with Crippen LogP contribution in [0.5, 0.6) is 0 Å². The summed E-state index contributed by atoms with van der Waals surface area (Å²) in [7, 11) is 0. The first-order valence-electron chi connectivity index (χ1n) is 11.3. The van der Waals surface area contributed by atoms with Gasteiger partial charge in [-0.3, -0.25) is 9.59 Å². The van der Waals surface area contributed by atoms with Crippen LogP contribution in [-0.2, 0) is 16.1 Å². The lowest BCUT2D eigenvalue weighted by molar-refractivity contribution is -0.157. The van der Waals surface area contributed by atoms with Crippen LogP contribution in [0.15, 0.2) is 54.6 Å². The van der Waals surface area contributed by atoms with Crippen molar-refractivity contribution < 1.29 is 23.9 Å². The van der Waals surface area contributed by atoms with Gasteiger partial charge in [-0.15, -0.1) is 0 Å². The van der Waals surface area contributed by atoms with Gasteiger partial charge in [0.1, 0.15) is 11.6 Å². The Bertz CT molecular complexity index is 1040. The topological polar surface area (TPSA) is 96.0 Å². The molecule has 0 unspecified atom stereocenters. The van der Waals surface area contributed by atoms with E-state index >= 15 is 0 Å². The summed E-state index contributed by atoms with van der Waals surface area (Å²) in [6.45, 7) is 9.06. The number of ether oxygens (including phenoxy) is 1. The predicted octanol–water partition coefficient (Wildman–Crippen LogP) is 4.17. The van der Waals surface area contributed by atoms with Crippen LogP contribution in [0.25, 0.3) is 0 Å². The molecule has 1 N–H and O–H groups in total. The largest absolute Gasteiger partial charge is 0.458 e. The van der Waals surface area contributed by atoms with Gasteiger partial charge < -0.3 is 10.1 Å². The second-order valence-electron chi connectivity index (χ2n) is 9.68. The van der Waals surface area contributed by atoms with E-state index in [-0.39, 0.29) is 23.6 Å². The van der Waals surface area contributed by atoms with E-state index in [1.165, 1.54) is 0 Å². The highest BCUT2D eigenvalue weighted by atomic mass is 16.6. The zero-order chi connectivity index (χ0) is 25.0. The summed E-state index contributed by atoms with van der Waals surface area (Å²) in [6.07, 6.45) is 0.335. The number of urea groups is 1. The van der Waals surface area contributed by atoms with Gasteiger partial charge in [0.05, 0.1) is 17.7 Å². The molecule has 180 valence electrons. The molecule has 8 nitrogen and oxygen atoms in total. The normalized spacial score (nSPS) is 14.1. The molecule has 34 heavy (non-hydrogen) atoms. The van der Waals surface area contributed by atoms with Crippen LogP contribution < -0.4 is 5.32 Å². The molecule has 1 heterocycles. The third-order valence-electron chi connectivity index (χ3n) is 5.12. The first-order valence-corrected chi connectivity index (χ1v) is 11.3. The predicted molar refractivity (Wildman–Crippen MR) is 127 cm³/mol. The summed E-state index contributed by atoms with van der Waals surface area (Å²) in [5.41, 5.74) is 0.434. The van der Waals surface area contributed by atoms with E-state index in [1.54, 1.807) is 69.3 Å². The number of carbonyl (C=O) groups excluding carboxylic acids is 4. The molecular formula is C26H31N3O5. The Labute approximate surface area is 199 Å². The number of hydrogen-bond donors (Lipinski definition) is 1. The smallest absolute Gasteiger partial charge is 0.337 e. The Morgan fingerprint density at radius 2 is 1.47 bits per heavy atom. The van der Waals surface area contributed by atoms with Crippen LogP contribution in [0.4, 0.5) is 4.79 Å². The average molecular weight is 466 g/mol. The maximum Gasteiger partial charge on any atom is 0.337 e. The number of fused-ring (bicyclic) bond motifs is 1. The van der Waals surface area contributed by atoms with Gasteiger partial charge >= 0.3 is 12.0 Å². The van der Waals surface area contributed by atoms with E-state index in [2.05, 4.69) is 5.32 Å². The minimum Gasteiger partial charge on any atom is -0.458 e. The number of nitrogens with zero attached hydrogens (tertiary/aromatic N) is 2. The highest BCUT2D eigenvalue weighted by Gasteiger charge is 2.42. The Kier molecular flexibility index (Phi) is 7.39. The monoisotopic (exact) mass is 465 g/mol. The maximum absolute atomic E-state index is 13.5. The lowest BCUT2D eigenvalue weighted by atomic mass is 10.0.